The van der Waals surface area contributed by atoms with Crippen LogP contribution in [0.15, 0.2) is 126 Å². The molecule has 5 aromatic rings. The minimum absolute atomic E-state index is 1.06. The lowest BCUT2D eigenvalue weighted by molar-refractivity contribution is 1.28. The van der Waals surface area contributed by atoms with Crippen LogP contribution in [0.25, 0.3) is 21.9 Å². The van der Waals surface area contributed by atoms with Gasteiger partial charge in [-0.3, -0.25) is 0 Å². The molecule has 0 aromatic heterocycles. The molecule has 5 rings (SSSR count). The first-order valence-electron chi connectivity index (χ1n) is 9.98. The maximum absolute atomic E-state index is 3.63. The molecule has 144 valence electrons. The Morgan fingerprint density at radius 2 is 1.07 bits per heavy atom. The molecule has 30 heavy (non-hydrogen) atoms. The highest BCUT2D eigenvalue weighted by molar-refractivity contribution is 9.10. The van der Waals surface area contributed by atoms with E-state index >= 15 is 0 Å². The third kappa shape index (κ3) is 3.74. The Morgan fingerprint density at radius 1 is 0.433 bits per heavy atom. The lowest BCUT2D eigenvalue weighted by Gasteiger charge is -2.26. The molecule has 0 saturated heterocycles. The van der Waals surface area contributed by atoms with Crippen LogP contribution in [0.5, 0.6) is 0 Å². The van der Waals surface area contributed by atoms with Crippen molar-refractivity contribution >= 4 is 43.8 Å². The number of benzene rings is 5. The average molecular weight is 450 g/mol. The van der Waals surface area contributed by atoms with E-state index in [4.69, 9.17) is 0 Å². The summed E-state index contributed by atoms with van der Waals surface area (Å²) < 4.78 is 1.06. The van der Waals surface area contributed by atoms with Gasteiger partial charge in [0.05, 0.1) is 0 Å². The summed E-state index contributed by atoms with van der Waals surface area (Å²) in [6.07, 6.45) is 0. The number of hydrogen-bond acceptors (Lipinski definition) is 1. The molecule has 0 atom stereocenters. The summed E-state index contributed by atoms with van der Waals surface area (Å²) >= 11 is 3.63. The van der Waals surface area contributed by atoms with Crippen molar-refractivity contribution in [2.45, 2.75) is 0 Å². The zero-order valence-corrected chi connectivity index (χ0v) is 18.0. The Bertz CT molecular complexity index is 1290. The van der Waals surface area contributed by atoms with Crippen molar-refractivity contribution in [3.05, 3.63) is 126 Å². The Morgan fingerprint density at radius 3 is 1.83 bits per heavy atom. The molecule has 0 spiro atoms. The summed E-state index contributed by atoms with van der Waals surface area (Å²) in [6.45, 7) is 0. The topological polar surface area (TPSA) is 3.24 Å². The van der Waals surface area contributed by atoms with E-state index in [2.05, 4.69) is 136 Å². The van der Waals surface area contributed by atoms with E-state index < -0.39 is 0 Å². The molecule has 0 N–H and O–H groups in total. The number of anilines is 3. The molecular weight excluding hydrogens is 430 g/mol. The fourth-order valence-electron chi connectivity index (χ4n) is 3.81. The fraction of sp³-hybridized carbons (Fsp3) is 0. The monoisotopic (exact) mass is 449 g/mol. The van der Waals surface area contributed by atoms with Crippen molar-refractivity contribution in [2.24, 2.45) is 0 Å². The van der Waals surface area contributed by atoms with Crippen LogP contribution in [-0.2, 0) is 0 Å². The second-order valence-corrected chi connectivity index (χ2v) is 8.18. The van der Waals surface area contributed by atoms with Gasteiger partial charge in [-0.1, -0.05) is 94.8 Å². The third-order valence-corrected chi connectivity index (χ3v) is 5.78. The highest BCUT2D eigenvalue weighted by atomic mass is 79.9. The van der Waals surface area contributed by atoms with E-state index in [1.807, 2.05) is 6.07 Å². The fourth-order valence-corrected chi connectivity index (χ4v) is 4.20. The van der Waals surface area contributed by atoms with E-state index in [0.29, 0.717) is 0 Å². The predicted octanol–water partition coefficient (Wildman–Crippen LogP) is 8.74. The quantitative estimate of drug-likeness (QED) is 0.265. The van der Waals surface area contributed by atoms with Crippen LogP contribution in [-0.4, -0.2) is 0 Å². The summed E-state index contributed by atoms with van der Waals surface area (Å²) in [6, 6.07) is 42.8. The first-order valence-corrected chi connectivity index (χ1v) is 10.8. The second-order valence-electron chi connectivity index (χ2n) is 7.26. The molecule has 5 aromatic carbocycles. The minimum atomic E-state index is 1.06. The van der Waals surface area contributed by atoms with Gasteiger partial charge in [-0.05, 0) is 64.4 Å². The molecular formula is C28H20BrN. The van der Waals surface area contributed by atoms with Crippen LogP contribution >= 0.6 is 15.9 Å². The van der Waals surface area contributed by atoms with Crippen molar-refractivity contribution in [1.82, 2.24) is 0 Å². The van der Waals surface area contributed by atoms with Crippen LogP contribution in [0.4, 0.5) is 17.1 Å². The maximum atomic E-state index is 3.63. The van der Waals surface area contributed by atoms with Gasteiger partial charge < -0.3 is 4.90 Å². The molecule has 0 aliphatic heterocycles. The van der Waals surface area contributed by atoms with E-state index in [-0.39, 0.29) is 0 Å². The predicted molar refractivity (Wildman–Crippen MR) is 132 cm³/mol. The summed E-state index contributed by atoms with van der Waals surface area (Å²) in [5.41, 5.74) is 5.82. The van der Waals surface area contributed by atoms with Gasteiger partial charge in [0.25, 0.3) is 0 Å². The lowest BCUT2D eigenvalue weighted by atomic mass is 10.0. The molecule has 0 unspecified atom stereocenters. The molecule has 0 heterocycles. The van der Waals surface area contributed by atoms with E-state index in [0.717, 1.165) is 21.5 Å². The Labute approximate surface area is 185 Å². The second kappa shape index (κ2) is 8.17. The SMILES string of the molecule is Brc1cccc(N(c2ccc(-c3ccccc3)cc2)c2ccc3ccccc3c2)c1. The molecule has 0 radical (unpaired) electrons. The third-order valence-electron chi connectivity index (χ3n) is 5.29. The smallest absolute Gasteiger partial charge is 0.0472 e. The highest BCUT2D eigenvalue weighted by Gasteiger charge is 2.13. The average Bonchev–Trinajstić information content (AvgIpc) is 2.80. The van der Waals surface area contributed by atoms with Crippen LogP contribution in [0.2, 0.25) is 0 Å². The van der Waals surface area contributed by atoms with Gasteiger partial charge in [-0.25, -0.2) is 0 Å². The van der Waals surface area contributed by atoms with Crippen molar-refractivity contribution < 1.29 is 0 Å². The van der Waals surface area contributed by atoms with Crippen molar-refractivity contribution in [3.63, 3.8) is 0 Å². The number of nitrogens with zero attached hydrogens (tertiary/aromatic N) is 1. The largest absolute Gasteiger partial charge is 0.310 e. The summed E-state index contributed by atoms with van der Waals surface area (Å²) in [5, 5.41) is 2.48. The van der Waals surface area contributed by atoms with E-state index in [1.54, 1.807) is 0 Å². The summed E-state index contributed by atoms with van der Waals surface area (Å²) in [7, 11) is 0. The number of rotatable bonds is 4. The zero-order valence-electron chi connectivity index (χ0n) is 16.4. The zero-order chi connectivity index (χ0) is 20.3. The van der Waals surface area contributed by atoms with Gasteiger partial charge in [0.2, 0.25) is 0 Å². The Balaban J connectivity index is 1.62. The van der Waals surface area contributed by atoms with Crippen LogP contribution in [0.3, 0.4) is 0 Å². The highest BCUT2D eigenvalue weighted by Crippen LogP contribution is 2.37. The molecule has 0 aliphatic carbocycles. The summed E-state index contributed by atoms with van der Waals surface area (Å²) in [5.74, 6) is 0. The number of halogens is 1. The van der Waals surface area contributed by atoms with Crippen LogP contribution in [0.1, 0.15) is 0 Å². The summed E-state index contributed by atoms with van der Waals surface area (Å²) in [4.78, 5) is 2.30. The van der Waals surface area contributed by atoms with E-state index in [1.165, 1.54) is 21.9 Å². The Hall–Kier alpha value is -3.36. The standard InChI is InChI=1S/C28H20BrN/c29-25-11-6-12-27(20-25)30(28-18-15-22-9-4-5-10-24(22)19-28)26-16-13-23(14-17-26)21-7-2-1-3-8-21/h1-20H. The number of hydrogen-bond donors (Lipinski definition) is 0. The normalized spacial score (nSPS) is 10.8. The van der Waals surface area contributed by atoms with Gasteiger partial charge in [0, 0.05) is 21.5 Å². The van der Waals surface area contributed by atoms with E-state index in [9.17, 15) is 0 Å². The van der Waals surface area contributed by atoms with Gasteiger partial charge in [-0.2, -0.15) is 0 Å². The van der Waals surface area contributed by atoms with Crippen LogP contribution < -0.4 is 4.90 Å². The first-order chi connectivity index (χ1) is 14.8. The maximum Gasteiger partial charge on any atom is 0.0472 e. The molecule has 0 fully saturated rings. The number of fused-ring (bicyclic) bond motifs is 1. The Kier molecular flexibility index (Phi) is 5.08. The molecule has 1 nitrogen and oxygen atoms in total. The minimum Gasteiger partial charge on any atom is -0.310 e. The lowest BCUT2D eigenvalue weighted by Crippen LogP contribution is -2.09. The molecule has 0 saturated carbocycles. The van der Waals surface area contributed by atoms with Crippen molar-refractivity contribution in [1.29, 1.82) is 0 Å². The molecule has 0 bridgehead atoms. The van der Waals surface area contributed by atoms with Gasteiger partial charge in [0.1, 0.15) is 0 Å². The van der Waals surface area contributed by atoms with Crippen LogP contribution in [0, 0.1) is 0 Å². The molecule has 2 heteroatoms. The molecule has 0 amide bonds. The van der Waals surface area contributed by atoms with Gasteiger partial charge in [0.15, 0.2) is 0 Å². The first kappa shape index (κ1) is 18.7. The van der Waals surface area contributed by atoms with Crippen molar-refractivity contribution in [3.8, 4) is 11.1 Å². The van der Waals surface area contributed by atoms with Gasteiger partial charge >= 0.3 is 0 Å². The van der Waals surface area contributed by atoms with Gasteiger partial charge in [-0.15, -0.1) is 0 Å². The molecule has 0 aliphatic rings. The van der Waals surface area contributed by atoms with Crippen molar-refractivity contribution in [2.75, 3.05) is 4.90 Å².